The van der Waals surface area contributed by atoms with Gasteiger partial charge in [-0.15, -0.1) is 5.10 Å². The smallest absolute Gasteiger partial charge is 0.151 e. The van der Waals surface area contributed by atoms with Crippen LogP contribution in [0.1, 0.15) is 11.3 Å². The number of aliphatic hydroxyl groups is 1. The van der Waals surface area contributed by atoms with Crippen LogP contribution in [0.5, 0.6) is 5.75 Å². The lowest BCUT2D eigenvalue weighted by Crippen LogP contribution is -2.18. The molecule has 0 amide bonds. The van der Waals surface area contributed by atoms with Crippen molar-refractivity contribution in [3.05, 3.63) is 47.7 Å². The summed E-state index contributed by atoms with van der Waals surface area (Å²) in [6.45, 7) is 0.645. The summed E-state index contributed by atoms with van der Waals surface area (Å²) in [5.41, 5.74) is 1.73. The molecule has 0 atom stereocenters. The van der Waals surface area contributed by atoms with E-state index in [1.807, 2.05) is 42.3 Å². The summed E-state index contributed by atoms with van der Waals surface area (Å²) in [6.07, 6.45) is 0. The highest BCUT2D eigenvalue weighted by molar-refractivity contribution is 5.38. The molecule has 0 bridgehead atoms. The Bertz CT molecular complexity index is 511. The maximum atomic E-state index is 8.92. The quantitative estimate of drug-likeness (QED) is 0.884. The van der Waals surface area contributed by atoms with Gasteiger partial charge in [0.25, 0.3) is 0 Å². The van der Waals surface area contributed by atoms with Crippen molar-refractivity contribution in [2.45, 2.75) is 13.2 Å². The molecule has 0 aliphatic heterocycles. The van der Waals surface area contributed by atoms with Crippen LogP contribution >= 0.6 is 0 Å². The number of nitrogens with zero attached hydrogens (tertiary/aromatic N) is 3. The Labute approximate surface area is 112 Å². The van der Waals surface area contributed by atoms with Crippen molar-refractivity contribution < 1.29 is 9.84 Å². The van der Waals surface area contributed by atoms with E-state index in [4.69, 9.17) is 9.84 Å². The standard InChI is InChI=1S/C14H17N3O2/c1-17(14-8-5-12(10-18)15-16-14)9-11-3-6-13(19-2)7-4-11/h3-8,18H,9-10H2,1-2H3. The van der Waals surface area contributed by atoms with Gasteiger partial charge in [0.1, 0.15) is 5.75 Å². The molecular weight excluding hydrogens is 242 g/mol. The molecule has 2 aromatic rings. The van der Waals surface area contributed by atoms with Gasteiger partial charge in [0.15, 0.2) is 5.82 Å². The van der Waals surface area contributed by atoms with Crippen LogP contribution in [0.15, 0.2) is 36.4 Å². The van der Waals surface area contributed by atoms with E-state index in [0.717, 1.165) is 23.7 Å². The van der Waals surface area contributed by atoms with E-state index >= 15 is 0 Å². The van der Waals surface area contributed by atoms with Gasteiger partial charge in [0.05, 0.1) is 19.4 Å². The fraction of sp³-hybridized carbons (Fsp3) is 0.286. The number of benzene rings is 1. The number of aliphatic hydroxyl groups excluding tert-OH is 1. The fourth-order valence-electron chi connectivity index (χ4n) is 1.73. The lowest BCUT2D eigenvalue weighted by atomic mass is 10.2. The van der Waals surface area contributed by atoms with Crippen LogP contribution < -0.4 is 9.64 Å². The highest BCUT2D eigenvalue weighted by Gasteiger charge is 2.04. The summed E-state index contributed by atoms with van der Waals surface area (Å²) in [7, 11) is 3.60. The first kappa shape index (κ1) is 13.3. The zero-order chi connectivity index (χ0) is 13.7. The third kappa shape index (κ3) is 3.42. The third-order valence-electron chi connectivity index (χ3n) is 2.84. The molecule has 0 fully saturated rings. The Kier molecular flexibility index (Phi) is 4.30. The van der Waals surface area contributed by atoms with Crippen LogP contribution in [0, 0.1) is 0 Å². The van der Waals surface area contributed by atoms with Crippen molar-refractivity contribution in [1.82, 2.24) is 10.2 Å². The van der Waals surface area contributed by atoms with Crippen LogP contribution in [0.2, 0.25) is 0 Å². The van der Waals surface area contributed by atoms with Crippen molar-refractivity contribution in [2.24, 2.45) is 0 Å². The van der Waals surface area contributed by atoms with Crippen molar-refractivity contribution in [3.63, 3.8) is 0 Å². The number of ether oxygens (including phenoxy) is 1. The Balaban J connectivity index is 2.04. The first-order chi connectivity index (χ1) is 9.22. The van der Waals surface area contributed by atoms with Gasteiger partial charge in [-0.3, -0.25) is 0 Å². The monoisotopic (exact) mass is 259 g/mol. The van der Waals surface area contributed by atoms with Gasteiger partial charge in [-0.25, -0.2) is 0 Å². The summed E-state index contributed by atoms with van der Waals surface area (Å²) in [5.74, 6) is 1.62. The van der Waals surface area contributed by atoms with E-state index in [-0.39, 0.29) is 6.61 Å². The second-order valence-electron chi connectivity index (χ2n) is 4.25. The number of rotatable bonds is 5. The Hall–Kier alpha value is -2.14. The minimum absolute atomic E-state index is 0.0878. The third-order valence-corrected chi connectivity index (χ3v) is 2.84. The Morgan fingerprint density at radius 3 is 2.37 bits per heavy atom. The highest BCUT2D eigenvalue weighted by atomic mass is 16.5. The van der Waals surface area contributed by atoms with E-state index in [2.05, 4.69) is 10.2 Å². The molecule has 1 heterocycles. The predicted octanol–water partition coefficient (Wildman–Crippen LogP) is 1.61. The van der Waals surface area contributed by atoms with Gasteiger partial charge in [-0.05, 0) is 29.8 Å². The van der Waals surface area contributed by atoms with E-state index < -0.39 is 0 Å². The first-order valence-electron chi connectivity index (χ1n) is 6.00. The lowest BCUT2D eigenvalue weighted by molar-refractivity contribution is 0.275. The maximum absolute atomic E-state index is 8.92. The molecule has 0 spiro atoms. The second-order valence-corrected chi connectivity index (χ2v) is 4.25. The molecule has 0 saturated heterocycles. The summed E-state index contributed by atoms with van der Waals surface area (Å²) >= 11 is 0. The van der Waals surface area contributed by atoms with Crippen LogP contribution in [-0.4, -0.2) is 29.5 Å². The molecule has 5 heteroatoms. The number of methoxy groups -OCH3 is 1. The average molecular weight is 259 g/mol. The minimum Gasteiger partial charge on any atom is -0.497 e. The molecule has 5 nitrogen and oxygen atoms in total. The topological polar surface area (TPSA) is 58.5 Å². The van der Waals surface area contributed by atoms with E-state index in [9.17, 15) is 0 Å². The molecule has 19 heavy (non-hydrogen) atoms. The lowest BCUT2D eigenvalue weighted by Gasteiger charge is -2.17. The van der Waals surface area contributed by atoms with Crippen molar-refractivity contribution >= 4 is 5.82 Å². The van der Waals surface area contributed by atoms with Crippen molar-refractivity contribution in [1.29, 1.82) is 0 Å². The molecule has 0 aliphatic rings. The molecule has 0 unspecified atom stereocenters. The Morgan fingerprint density at radius 2 is 1.84 bits per heavy atom. The molecule has 1 aromatic carbocycles. The van der Waals surface area contributed by atoms with E-state index in [1.54, 1.807) is 13.2 Å². The van der Waals surface area contributed by atoms with Gasteiger partial charge in [-0.2, -0.15) is 5.10 Å². The average Bonchev–Trinajstić information content (AvgIpc) is 2.48. The molecule has 0 radical (unpaired) electrons. The van der Waals surface area contributed by atoms with E-state index in [1.165, 1.54) is 0 Å². The number of aromatic nitrogens is 2. The van der Waals surface area contributed by atoms with Gasteiger partial charge in [-0.1, -0.05) is 12.1 Å². The summed E-state index contributed by atoms with van der Waals surface area (Å²) in [5, 5.41) is 16.9. The van der Waals surface area contributed by atoms with Crippen molar-refractivity contribution in [3.8, 4) is 5.75 Å². The summed E-state index contributed by atoms with van der Waals surface area (Å²) < 4.78 is 5.12. The summed E-state index contributed by atoms with van der Waals surface area (Å²) in [6, 6.07) is 11.5. The predicted molar refractivity (Wildman–Crippen MR) is 73.1 cm³/mol. The normalized spacial score (nSPS) is 10.3. The first-order valence-corrected chi connectivity index (χ1v) is 6.00. The Morgan fingerprint density at radius 1 is 1.11 bits per heavy atom. The number of hydrogen-bond acceptors (Lipinski definition) is 5. The molecule has 0 aliphatic carbocycles. The molecule has 2 rings (SSSR count). The SMILES string of the molecule is COc1ccc(CN(C)c2ccc(CO)nn2)cc1. The highest BCUT2D eigenvalue weighted by Crippen LogP contribution is 2.15. The number of hydrogen-bond donors (Lipinski definition) is 1. The molecule has 100 valence electrons. The fourth-order valence-corrected chi connectivity index (χ4v) is 1.73. The van der Waals surface area contributed by atoms with Crippen LogP contribution in [0.25, 0.3) is 0 Å². The van der Waals surface area contributed by atoms with Gasteiger partial charge in [0.2, 0.25) is 0 Å². The second kappa shape index (κ2) is 6.15. The van der Waals surface area contributed by atoms with Crippen LogP contribution in [-0.2, 0) is 13.2 Å². The van der Waals surface area contributed by atoms with Gasteiger partial charge < -0.3 is 14.7 Å². The largest absolute Gasteiger partial charge is 0.497 e. The zero-order valence-electron chi connectivity index (χ0n) is 11.1. The van der Waals surface area contributed by atoms with Gasteiger partial charge in [0, 0.05) is 13.6 Å². The minimum atomic E-state index is -0.0878. The summed E-state index contributed by atoms with van der Waals surface area (Å²) in [4.78, 5) is 2.00. The number of anilines is 1. The molecule has 1 N–H and O–H groups in total. The van der Waals surface area contributed by atoms with Crippen LogP contribution in [0.3, 0.4) is 0 Å². The zero-order valence-corrected chi connectivity index (χ0v) is 11.1. The van der Waals surface area contributed by atoms with Crippen LogP contribution in [0.4, 0.5) is 5.82 Å². The molecule has 1 aromatic heterocycles. The maximum Gasteiger partial charge on any atom is 0.151 e. The molecular formula is C14H17N3O2. The van der Waals surface area contributed by atoms with Gasteiger partial charge >= 0.3 is 0 Å². The van der Waals surface area contributed by atoms with E-state index in [0.29, 0.717) is 5.69 Å². The van der Waals surface area contributed by atoms with Crippen molar-refractivity contribution in [2.75, 3.05) is 19.1 Å². The molecule has 0 saturated carbocycles.